The lowest BCUT2D eigenvalue weighted by molar-refractivity contribution is -0.149. The molecule has 15 atom stereocenters. The number of benzene rings is 3. The molecule has 3 aliphatic rings. The Morgan fingerprint density at radius 3 is 1.80 bits per heavy atom. The Hall–Kier alpha value is -13.4. The van der Waals surface area contributed by atoms with E-state index in [0.29, 0.717) is 51.3 Å². The molecule has 16 amide bonds. The highest BCUT2D eigenvalue weighted by Gasteiger charge is 2.47. The van der Waals surface area contributed by atoms with Crippen LogP contribution in [0.25, 0.3) is 21.8 Å². The lowest BCUT2D eigenvalue weighted by Crippen LogP contribution is -2.61. The minimum Gasteiger partial charge on any atom is -0.508 e. The number of nitrogens with two attached hydrogens (primary N) is 3. The predicted octanol–water partition coefficient (Wildman–Crippen LogP) is -3.47. The fourth-order valence-electron chi connectivity index (χ4n) is 16.3. The van der Waals surface area contributed by atoms with E-state index in [1.54, 1.807) is 74.8 Å². The van der Waals surface area contributed by atoms with Crippen LogP contribution < -0.4 is 65.1 Å². The van der Waals surface area contributed by atoms with E-state index in [1.807, 2.05) is 6.92 Å². The SMILES string of the molecule is CCCC[C@H]1C(=O)N(C)[C@@H](CC(C)C)C(=O)N[C@@H](CN)C(=O)N[C@H](C(=O)NCC(N)=O)CSCC(=O)N[C@@H](Cc2ccc(O)cc2)C(=O)N(C)[C@@H](C)C(=O)N[C@@H](CC(N)=O)C(=O)N2CCC[C@H]2C(=O)N[C@@H](Cc2c[nH]cn2)C(=O)N[C@@H](CCC(=O)O)C(=O)N2C[C@H](O)C[C@H]2C(=O)C[C@@H](Cc2c[nH]c3ccccc23)C(=O)N[C@@H](CO)C(=O)N[C@@H](Cc2c[nH]c3ccccc23)C(=O)N1C. The number of para-hydroxylation sites is 2. The Labute approximate surface area is 764 Å². The number of thioether (sulfide) groups is 1. The second-order valence-electron chi connectivity index (χ2n) is 33.8. The number of nitrogens with zero attached hydrogens (tertiary/aromatic N) is 6. The van der Waals surface area contributed by atoms with Crippen molar-refractivity contribution in [2.75, 3.05) is 65.4 Å². The Balaban J connectivity index is 1.09. The first-order valence-electron chi connectivity index (χ1n) is 43.6. The van der Waals surface area contributed by atoms with Crippen LogP contribution in [0.2, 0.25) is 0 Å². The van der Waals surface area contributed by atoms with Crippen molar-refractivity contribution >= 4 is 140 Å². The number of carboxylic acids is 1. The van der Waals surface area contributed by atoms with Gasteiger partial charge in [0.15, 0.2) is 5.78 Å². The highest BCUT2D eigenvalue weighted by molar-refractivity contribution is 8.00. The fourth-order valence-corrected chi connectivity index (χ4v) is 17.2. The van der Waals surface area contributed by atoms with Crippen molar-refractivity contribution < 1.29 is 107 Å². The van der Waals surface area contributed by atoms with E-state index >= 15 is 28.8 Å². The number of carbonyl (C=O) groups is 18. The van der Waals surface area contributed by atoms with Crippen LogP contribution in [-0.4, -0.2) is 321 Å². The molecule has 44 heteroatoms. The van der Waals surface area contributed by atoms with E-state index in [0.717, 1.165) is 36.3 Å². The molecular weight excluding hydrogens is 1740 g/mol. The number of fused-ring (bicyclic) bond motifs is 4. The molecule has 3 saturated heterocycles. The van der Waals surface area contributed by atoms with Crippen molar-refractivity contribution in [1.29, 1.82) is 0 Å². The summed E-state index contributed by atoms with van der Waals surface area (Å²) in [6.07, 6.45) is 0.483. The van der Waals surface area contributed by atoms with Crippen molar-refractivity contribution in [2.24, 2.45) is 29.0 Å². The summed E-state index contributed by atoms with van der Waals surface area (Å²) in [6, 6.07) is -1.55. The molecule has 0 bridgehead atoms. The van der Waals surface area contributed by atoms with Crippen LogP contribution in [0.1, 0.15) is 121 Å². The van der Waals surface area contributed by atoms with Crippen molar-refractivity contribution in [3.63, 3.8) is 0 Å². The number of primary amides is 2. The number of likely N-dealkylation sites (N-methyl/N-ethyl adjacent to an activating group) is 3. The molecule has 22 N–H and O–H groups in total. The molecule has 132 heavy (non-hydrogen) atoms. The van der Waals surface area contributed by atoms with Gasteiger partial charge < -0.3 is 125 Å². The Kier molecular flexibility index (Phi) is 37.2. The number of carboxylic acid groups (broad SMARTS) is 1. The molecule has 0 unspecified atom stereocenters. The van der Waals surface area contributed by atoms with E-state index in [9.17, 15) is 78.0 Å². The molecule has 3 aromatic heterocycles. The van der Waals surface area contributed by atoms with Crippen molar-refractivity contribution in [3.05, 3.63) is 120 Å². The molecule has 6 aromatic rings. The number of aliphatic hydroxyl groups is 2. The lowest BCUT2D eigenvalue weighted by Gasteiger charge is -2.37. The zero-order valence-corrected chi connectivity index (χ0v) is 75.3. The van der Waals surface area contributed by atoms with Crippen LogP contribution >= 0.6 is 11.8 Å². The Bertz CT molecular complexity index is 5160. The number of rotatable bonds is 23. The Morgan fingerprint density at radius 2 is 1.18 bits per heavy atom. The third-order valence-corrected chi connectivity index (χ3v) is 24.7. The number of phenolic OH excluding ortho intramolecular Hbond substituents is 1. The number of aliphatic hydroxyl groups excluding tert-OH is 2. The van der Waals surface area contributed by atoms with E-state index in [2.05, 4.69) is 67.8 Å². The number of aliphatic carboxylic acids is 1. The van der Waals surface area contributed by atoms with Gasteiger partial charge in [-0.05, 0) is 92.3 Å². The minimum absolute atomic E-state index is 0.0198. The van der Waals surface area contributed by atoms with Crippen molar-refractivity contribution in [1.82, 2.24) is 92.3 Å². The average Bonchev–Trinajstić information content (AvgIpc) is 1.63. The summed E-state index contributed by atoms with van der Waals surface area (Å²) in [4.78, 5) is 279. The van der Waals surface area contributed by atoms with Gasteiger partial charge >= 0.3 is 5.97 Å². The second kappa shape index (κ2) is 48.0. The summed E-state index contributed by atoms with van der Waals surface area (Å²) >= 11 is 0.743. The highest BCUT2D eigenvalue weighted by atomic mass is 32.2. The number of hydrogen-bond donors (Lipinski definition) is 19. The maximum absolute atomic E-state index is 15.7. The molecule has 3 aliphatic heterocycles. The van der Waals surface area contributed by atoms with Gasteiger partial charge in [-0.1, -0.05) is 82.1 Å². The van der Waals surface area contributed by atoms with Gasteiger partial charge in [0.05, 0.1) is 49.5 Å². The van der Waals surface area contributed by atoms with Gasteiger partial charge in [-0.3, -0.25) is 86.3 Å². The third-order valence-electron chi connectivity index (χ3n) is 23.7. The van der Waals surface area contributed by atoms with Gasteiger partial charge in [0.1, 0.15) is 78.3 Å². The first-order chi connectivity index (χ1) is 62.8. The zero-order chi connectivity index (χ0) is 96.5. The highest BCUT2D eigenvalue weighted by Crippen LogP contribution is 2.30. The third kappa shape index (κ3) is 27.6. The summed E-state index contributed by atoms with van der Waals surface area (Å²) in [5.74, 6) is -21.1. The number of imidazole rings is 1. The maximum atomic E-state index is 15.7. The number of nitrogens with one attached hydrogen (secondary N) is 12. The minimum atomic E-state index is -1.89. The second-order valence-corrected chi connectivity index (χ2v) is 34.8. The number of hydrogen-bond acceptors (Lipinski definition) is 24. The molecule has 0 saturated carbocycles. The number of ketones is 1. The zero-order valence-electron chi connectivity index (χ0n) is 74.5. The number of H-pyrrole nitrogens is 3. The molecule has 9 rings (SSSR count). The summed E-state index contributed by atoms with van der Waals surface area (Å²) in [5.41, 5.74) is 20.1. The van der Waals surface area contributed by atoms with Crippen LogP contribution in [0.4, 0.5) is 0 Å². The monoisotopic (exact) mass is 1850 g/mol. The molecule has 3 fully saturated rings. The smallest absolute Gasteiger partial charge is 0.303 e. The van der Waals surface area contributed by atoms with Crippen LogP contribution in [0, 0.1) is 11.8 Å². The normalized spacial score (nSPS) is 25.1. The summed E-state index contributed by atoms with van der Waals surface area (Å²) < 4.78 is 0. The first-order valence-corrected chi connectivity index (χ1v) is 44.8. The van der Waals surface area contributed by atoms with Crippen LogP contribution in [0.5, 0.6) is 5.75 Å². The van der Waals surface area contributed by atoms with Gasteiger partial charge in [0, 0.05) is 131 Å². The van der Waals surface area contributed by atoms with Crippen LogP contribution in [0.3, 0.4) is 0 Å². The predicted molar refractivity (Wildman–Crippen MR) is 478 cm³/mol. The van der Waals surface area contributed by atoms with Crippen molar-refractivity contribution in [3.8, 4) is 5.75 Å². The fraction of sp³-hybridized carbons (Fsp3) is 0.511. The van der Waals surface area contributed by atoms with E-state index in [-0.39, 0.29) is 68.9 Å². The van der Waals surface area contributed by atoms with Gasteiger partial charge in [-0.25, -0.2) is 4.98 Å². The topological polar surface area (TPSA) is 651 Å². The lowest BCUT2D eigenvalue weighted by atomic mass is 9.90. The Morgan fingerprint density at radius 1 is 0.598 bits per heavy atom. The summed E-state index contributed by atoms with van der Waals surface area (Å²) in [5, 5.41) is 67.1. The number of Topliss-reactive ketones (excluding diaryl/α,β-unsaturated/α-hetero) is 1. The van der Waals surface area contributed by atoms with Crippen molar-refractivity contribution in [2.45, 2.75) is 209 Å². The molecule has 714 valence electrons. The van der Waals surface area contributed by atoms with E-state index in [1.165, 1.54) is 64.9 Å². The number of carbonyl (C=O) groups excluding carboxylic acids is 17. The average molecular weight is 1860 g/mol. The quantitative estimate of drug-likeness (QED) is 0.0296. The number of aromatic amines is 3. The maximum Gasteiger partial charge on any atom is 0.303 e. The van der Waals surface area contributed by atoms with Crippen LogP contribution in [0.15, 0.2) is 97.7 Å². The van der Waals surface area contributed by atoms with Gasteiger partial charge in [-0.15, -0.1) is 11.8 Å². The molecular formula is C88H119N21O22S. The standard InChI is InChI=1S/C88H119N21O22S/c1-8-9-19-68-88(131)107(7)70(28-46(2)3)83(126)102-64(36-89)80(123)104-66(78(121)95-40-73(91)115)43-132-44-74(116)97-61(29-48-21-23-53(111)24-22-48)84(127)105(5)47(4)76(119)100-63(35-72(90)114)87(130)108-27-14-20-67(108)82(125)99-60(33-52-39-92-45-96-52)79(122)98-59(25-26-75(117)118)86(129)109-41-54(112)34-69(109)71(113)32-49(30-50-37-93-57-17-12-10-15-55(50)57)77(120)103-65(42-110)81(124)101-62(85(128)106(68)6)31-51-38-94-58-18-13-11-16-56(51)58/h10-13,15-18,21-24,37-39,45-47,49,54,59-70,93-94,110-112H,8-9,14,19-20,25-36,40-44,89H2,1-7H3,(H2,90,114)(H2,91,115)(H,92,96)(H,95,121)(H,97,116)(H,98,122)(H,99,125)(H,100,119)(H,101,124)(H,102,126)(H,103,120)(H,104,123)(H,117,118)/t47-,49+,54+,59-,60-,61-,62-,63-,64-,65-,66-,67-,68-,69-,70-/m0/s1. The molecule has 0 radical (unpaired) electrons. The first kappa shape index (κ1) is 102. The number of phenols is 1. The van der Waals surface area contributed by atoms with Gasteiger partial charge in [0.25, 0.3) is 0 Å². The number of aromatic hydroxyl groups is 1. The molecule has 6 heterocycles. The number of amides is 16. The van der Waals surface area contributed by atoms with Gasteiger partial charge in [0.2, 0.25) is 94.5 Å². The van der Waals surface area contributed by atoms with Gasteiger partial charge in [-0.2, -0.15) is 0 Å². The molecule has 43 nitrogen and oxygen atoms in total. The molecule has 0 aliphatic carbocycles. The summed E-state index contributed by atoms with van der Waals surface area (Å²) in [6.45, 7) is 3.39. The van der Waals surface area contributed by atoms with E-state index < -0.39 is 273 Å². The molecule has 0 spiro atoms. The summed E-state index contributed by atoms with van der Waals surface area (Å²) in [7, 11) is 3.83. The van der Waals surface area contributed by atoms with Crippen LogP contribution in [-0.2, 0) is 112 Å². The van der Waals surface area contributed by atoms with E-state index in [4.69, 9.17) is 17.2 Å². The number of unbranched alkanes of at least 4 members (excludes halogenated alkanes) is 1. The largest absolute Gasteiger partial charge is 0.508 e. The molecule has 3 aromatic carbocycles. The number of aromatic nitrogens is 4.